The number of anilines is 2. The highest BCUT2D eigenvalue weighted by Gasteiger charge is 2.04. The highest BCUT2D eigenvalue weighted by Crippen LogP contribution is 2.18. The quantitative estimate of drug-likeness (QED) is 0.748. The van der Waals surface area contributed by atoms with Gasteiger partial charge in [-0.2, -0.15) is 0 Å². The highest BCUT2D eigenvalue weighted by atomic mass is 32.1. The Morgan fingerprint density at radius 1 is 1.23 bits per heavy atom. The minimum atomic E-state index is 0.846. The van der Waals surface area contributed by atoms with Crippen molar-refractivity contribution >= 4 is 36.1 Å². The Balaban J connectivity index is 1.88. The minimum absolute atomic E-state index is 0.846. The van der Waals surface area contributed by atoms with E-state index in [1.807, 2.05) is 12.4 Å². The topological polar surface area (TPSA) is 44.3 Å². The van der Waals surface area contributed by atoms with Gasteiger partial charge in [0.15, 0.2) is 5.13 Å². The Hall–Kier alpha value is -1.07. The average Bonchev–Trinajstić information content (AvgIpc) is 2.84. The molecule has 0 aliphatic rings. The molecule has 1 unspecified atom stereocenters. The van der Waals surface area contributed by atoms with Gasteiger partial charge in [0, 0.05) is 23.6 Å². The van der Waals surface area contributed by atoms with Crippen LogP contribution in [0.15, 0.2) is 24.5 Å². The molecular formula is C15H24N5PS. The summed E-state index contributed by atoms with van der Waals surface area (Å²) in [5, 5.41) is 4.12. The molecule has 0 spiro atoms. The molecule has 2 aromatic rings. The molecule has 0 aliphatic carbocycles. The van der Waals surface area contributed by atoms with E-state index in [-0.39, 0.29) is 0 Å². The van der Waals surface area contributed by atoms with Crippen molar-refractivity contribution in [3.8, 4) is 0 Å². The SMILES string of the molecule is CN(C)CCCN(C)Cc1ccnc(Nc2ncc(P)s2)c1. The zero-order valence-electron chi connectivity index (χ0n) is 13.4. The van der Waals surface area contributed by atoms with Gasteiger partial charge in [-0.1, -0.05) is 20.6 Å². The Labute approximate surface area is 139 Å². The Kier molecular flexibility index (Phi) is 6.70. The van der Waals surface area contributed by atoms with Crippen LogP contribution in [-0.2, 0) is 6.54 Å². The third-order valence-electron chi connectivity index (χ3n) is 3.18. The smallest absolute Gasteiger partial charge is 0.188 e. The lowest BCUT2D eigenvalue weighted by Gasteiger charge is -2.18. The number of nitrogens with one attached hydrogen (secondary N) is 1. The monoisotopic (exact) mass is 337 g/mol. The van der Waals surface area contributed by atoms with Crippen LogP contribution in [-0.4, -0.2) is 54.0 Å². The van der Waals surface area contributed by atoms with Crippen LogP contribution in [0.2, 0.25) is 0 Å². The lowest BCUT2D eigenvalue weighted by Crippen LogP contribution is -2.23. The van der Waals surface area contributed by atoms with Crippen LogP contribution in [0.25, 0.3) is 0 Å². The predicted molar refractivity (Wildman–Crippen MR) is 98.5 cm³/mol. The molecular weight excluding hydrogens is 313 g/mol. The van der Waals surface area contributed by atoms with E-state index >= 15 is 0 Å². The van der Waals surface area contributed by atoms with E-state index in [1.54, 1.807) is 11.3 Å². The van der Waals surface area contributed by atoms with Gasteiger partial charge in [0.25, 0.3) is 0 Å². The van der Waals surface area contributed by atoms with Gasteiger partial charge in [-0.3, -0.25) is 0 Å². The van der Waals surface area contributed by atoms with E-state index in [2.05, 4.69) is 67.6 Å². The van der Waals surface area contributed by atoms with Crippen LogP contribution in [0.1, 0.15) is 12.0 Å². The van der Waals surface area contributed by atoms with Gasteiger partial charge < -0.3 is 15.1 Å². The van der Waals surface area contributed by atoms with E-state index in [4.69, 9.17) is 0 Å². The minimum Gasteiger partial charge on any atom is -0.316 e. The molecule has 2 heterocycles. The molecule has 0 aliphatic heterocycles. The van der Waals surface area contributed by atoms with Gasteiger partial charge in [0.1, 0.15) is 5.82 Å². The molecule has 1 atom stereocenters. The summed E-state index contributed by atoms with van der Waals surface area (Å²) in [5.74, 6) is 0.846. The fraction of sp³-hybridized carbons (Fsp3) is 0.467. The van der Waals surface area contributed by atoms with Crippen LogP contribution < -0.4 is 9.94 Å². The van der Waals surface area contributed by atoms with E-state index in [9.17, 15) is 0 Å². The zero-order chi connectivity index (χ0) is 15.9. The van der Waals surface area contributed by atoms with Crippen LogP contribution in [0.3, 0.4) is 0 Å². The van der Waals surface area contributed by atoms with E-state index in [1.165, 1.54) is 12.0 Å². The van der Waals surface area contributed by atoms with Crippen LogP contribution in [0.5, 0.6) is 0 Å². The summed E-state index contributed by atoms with van der Waals surface area (Å²) < 4.78 is 1.11. The number of hydrogen-bond donors (Lipinski definition) is 1. The molecule has 0 bridgehead atoms. The molecule has 22 heavy (non-hydrogen) atoms. The molecule has 1 N–H and O–H groups in total. The molecule has 0 radical (unpaired) electrons. The van der Waals surface area contributed by atoms with Crippen molar-refractivity contribution < 1.29 is 0 Å². The van der Waals surface area contributed by atoms with E-state index in [0.29, 0.717) is 0 Å². The Bertz CT molecular complexity index is 587. The summed E-state index contributed by atoms with van der Waals surface area (Å²) >= 11 is 1.60. The molecule has 0 fully saturated rings. The lowest BCUT2D eigenvalue weighted by molar-refractivity contribution is 0.294. The number of aromatic nitrogens is 2. The van der Waals surface area contributed by atoms with Crippen molar-refractivity contribution in [1.82, 2.24) is 19.8 Å². The maximum absolute atomic E-state index is 4.36. The summed E-state index contributed by atoms with van der Waals surface area (Å²) in [6.45, 7) is 3.14. The fourth-order valence-electron chi connectivity index (χ4n) is 2.14. The molecule has 120 valence electrons. The van der Waals surface area contributed by atoms with Gasteiger partial charge in [0.2, 0.25) is 0 Å². The number of nitrogens with zero attached hydrogens (tertiary/aromatic N) is 4. The Morgan fingerprint density at radius 3 is 2.73 bits per heavy atom. The van der Waals surface area contributed by atoms with Crippen LogP contribution in [0, 0.1) is 0 Å². The summed E-state index contributed by atoms with van der Waals surface area (Å²) in [6, 6.07) is 4.16. The number of rotatable bonds is 8. The molecule has 0 saturated carbocycles. The third kappa shape index (κ3) is 5.97. The van der Waals surface area contributed by atoms with Gasteiger partial charge in [-0.25, -0.2) is 9.97 Å². The maximum atomic E-state index is 4.36. The van der Waals surface area contributed by atoms with Crippen molar-refractivity contribution in [2.75, 3.05) is 39.5 Å². The fourth-order valence-corrected chi connectivity index (χ4v) is 3.14. The predicted octanol–water partition coefficient (Wildman–Crippen LogP) is 2.17. The molecule has 5 nitrogen and oxygen atoms in total. The summed E-state index contributed by atoms with van der Waals surface area (Å²) in [5.41, 5.74) is 1.26. The lowest BCUT2D eigenvalue weighted by atomic mass is 10.2. The summed E-state index contributed by atoms with van der Waals surface area (Å²) in [7, 11) is 9.03. The zero-order valence-corrected chi connectivity index (χ0v) is 15.4. The highest BCUT2D eigenvalue weighted by molar-refractivity contribution is 7.44. The van der Waals surface area contributed by atoms with Gasteiger partial charge in [0.05, 0.1) is 0 Å². The molecule has 2 aromatic heterocycles. The number of thiazole rings is 1. The van der Waals surface area contributed by atoms with Crippen molar-refractivity contribution in [1.29, 1.82) is 0 Å². The number of pyridine rings is 1. The molecule has 2 rings (SSSR count). The van der Waals surface area contributed by atoms with Crippen molar-refractivity contribution in [3.05, 3.63) is 30.1 Å². The average molecular weight is 337 g/mol. The third-order valence-corrected chi connectivity index (χ3v) is 4.43. The van der Waals surface area contributed by atoms with Crippen LogP contribution >= 0.6 is 20.6 Å². The Morgan fingerprint density at radius 2 is 2.05 bits per heavy atom. The molecule has 0 saturated heterocycles. The largest absolute Gasteiger partial charge is 0.316 e. The second-order valence-electron chi connectivity index (χ2n) is 5.64. The van der Waals surface area contributed by atoms with Gasteiger partial charge in [-0.15, -0.1) is 0 Å². The first-order valence-electron chi connectivity index (χ1n) is 7.29. The first-order valence-corrected chi connectivity index (χ1v) is 8.69. The summed E-state index contributed by atoms with van der Waals surface area (Å²) in [6.07, 6.45) is 4.86. The normalized spacial score (nSPS) is 11.4. The first-order chi connectivity index (χ1) is 10.5. The molecule has 0 aromatic carbocycles. The second-order valence-corrected chi connectivity index (χ2v) is 7.74. The van der Waals surface area contributed by atoms with Crippen molar-refractivity contribution in [3.63, 3.8) is 0 Å². The maximum Gasteiger partial charge on any atom is 0.188 e. The van der Waals surface area contributed by atoms with Gasteiger partial charge in [-0.05, 0) is 58.3 Å². The molecule has 7 heteroatoms. The second kappa shape index (κ2) is 8.53. The molecule has 0 amide bonds. The van der Waals surface area contributed by atoms with E-state index in [0.717, 1.165) is 35.2 Å². The summed E-state index contributed by atoms with van der Waals surface area (Å²) in [4.78, 5) is 13.2. The standard InChI is InChI=1S/C15H24N5PS/c1-19(2)7-4-8-20(3)11-12-5-6-16-13(9-12)18-15-17-10-14(21)22-15/h5-6,9-10H,4,7-8,11,21H2,1-3H3,(H,16,17,18). The van der Waals surface area contributed by atoms with Crippen molar-refractivity contribution in [2.24, 2.45) is 0 Å². The first kappa shape index (κ1) is 17.3. The number of hydrogen-bond acceptors (Lipinski definition) is 6. The van der Waals surface area contributed by atoms with Crippen LogP contribution in [0.4, 0.5) is 10.9 Å². The van der Waals surface area contributed by atoms with Crippen molar-refractivity contribution in [2.45, 2.75) is 13.0 Å². The van der Waals surface area contributed by atoms with Gasteiger partial charge >= 0.3 is 0 Å². The van der Waals surface area contributed by atoms with E-state index < -0.39 is 0 Å².